The Labute approximate surface area is 238 Å². The number of carbonyl (C=O) groups excluding carboxylic acids is 1. The van der Waals surface area contributed by atoms with Gasteiger partial charge in [-0.05, 0) is 67.9 Å². The Bertz CT molecular complexity index is 1470. The van der Waals surface area contributed by atoms with Gasteiger partial charge in [0, 0.05) is 11.4 Å². The maximum absolute atomic E-state index is 13.4. The minimum atomic E-state index is -0.863. The van der Waals surface area contributed by atoms with E-state index in [0.29, 0.717) is 28.3 Å². The normalized spacial score (nSPS) is 16.4. The van der Waals surface area contributed by atoms with E-state index in [0.717, 1.165) is 43.4 Å². The summed E-state index contributed by atoms with van der Waals surface area (Å²) in [6.07, 6.45) is 4.67. The lowest BCUT2D eigenvalue weighted by Crippen LogP contribution is -2.25. The molecule has 2 N–H and O–H groups in total. The third-order valence-corrected chi connectivity index (χ3v) is 8.07. The Kier molecular flexibility index (Phi) is 9.23. The number of benzene rings is 1. The van der Waals surface area contributed by atoms with Crippen LogP contribution in [-0.4, -0.2) is 31.8 Å². The number of nitrogens with zero attached hydrogens (tertiary/aromatic N) is 3. The molecule has 0 bridgehead atoms. The van der Waals surface area contributed by atoms with Crippen molar-refractivity contribution in [2.24, 2.45) is 5.73 Å². The van der Waals surface area contributed by atoms with Gasteiger partial charge < -0.3 is 24.7 Å². The van der Waals surface area contributed by atoms with Crippen LogP contribution in [0.3, 0.4) is 0 Å². The second kappa shape index (κ2) is 12.8. The van der Waals surface area contributed by atoms with Crippen LogP contribution in [0.15, 0.2) is 40.3 Å². The van der Waals surface area contributed by atoms with Crippen molar-refractivity contribution in [3.05, 3.63) is 74.0 Å². The highest BCUT2D eigenvalue weighted by molar-refractivity contribution is 8.02. The molecule has 0 fully saturated rings. The molecule has 0 spiro atoms. The predicted octanol–water partition coefficient (Wildman–Crippen LogP) is 4.93. The SMILES string of the molecule is CCOC(=O)C1=C(SCc2nc(CC)c3c(c2C#N)CCCC3)OC(N)=C(C#N)C1c1ccc(OC)c(OC)c1. The average molecular weight is 561 g/mol. The van der Waals surface area contributed by atoms with E-state index in [1.54, 1.807) is 25.1 Å². The molecule has 1 aromatic carbocycles. The summed E-state index contributed by atoms with van der Waals surface area (Å²) < 4.78 is 22.1. The second-order valence-corrected chi connectivity index (χ2v) is 10.2. The van der Waals surface area contributed by atoms with E-state index >= 15 is 0 Å². The van der Waals surface area contributed by atoms with E-state index in [9.17, 15) is 15.3 Å². The minimum Gasteiger partial charge on any atom is -0.493 e. The largest absolute Gasteiger partial charge is 0.493 e. The number of ether oxygens (including phenoxy) is 4. The molecule has 4 rings (SSSR count). The van der Waals surface area contributed by atoms with E-state index < -0.39 is 11.9 Å². The van der Waals surface area contributed by atoms with Gasteiger partial charge in [0.05, 0.1) is 43.6 Å². The average Bonchev–Trinajstić information content (AvgIpc) is 2.98. The number of allylic oxidation sites excluding steroid dienone is 1. The van der Waals surface area contributed by atoms with E-state index in [-0.39, 0.29) is 34.5 Å². The van der Waals surface area contributed by atoms with Crippen LogP contribution in [-0.2, 0) is 39.3 Å². The van der Waals surface area contributed by atoms with Crippen molar-refractivity contribution in [2.45, 2.75) is 57.6 Å². The third kappa shape index (κ3) is 5.45. The molecule has 0 radical (unpaired) electrons. The molecule has 1 aliphatic heterocycles. The number of nitrogens with two attached hydrogens (primary N) is 1. The lowest BCUT2D eigenvalue weighted by molar-refractivity contribution is -0.139. The quantitative estimate of drug-likeness (QED) is 0.420. The third-order valence-electron chi connectivity index (χ3n) is 7.09. The first-order valence-electron chi connectivity index (χ1n) is 13.2. The van der Waals surface area contributed by atoms with Crippen molar-refractivity contribution in [3.8, 4) is 23.6 Å². The minimum absolute atomic E-state index is 0.0810. The number of thioether (sulfide) groups is 1. The number of rotatable bonds is 9. The topological polar surface area (TPSA) is 140 Å². The number of nitriles is 2. The highest BCUT2D eigenvalue weighted by atomic mass is 32.2. The number of aryl methyl sites for hydroxylation is 1. The van der Waals surface area contributed by atoms with E-state index in [1.807, 2.05) is 0 Å². The van der Waals surface area contributed by atoms with Crippen LogP contribution in [0.4, 0.5) is 0 Å². The van der Waals surface area contributed by atoms with Gasteiger partial charge in [-0.3, -0.25) is 4.98 Å². The smallest absolute Gasteiger partial charge is 0.339 e. The van der Waals surface area contributed by atoms with Gasteiger partial charge in [-0.15, -0.1) is 0 Å². The number of methoxy groups -OCH3 is 2. The zero-order chi connectivity index (χ0) is 28.8. The van der Waals surface area contributed by atoms with Gasteiger partial charge in [-0.25, -0.2) is 4.79 Å². The molecule has 0 amide bonds. The van der Waals surface area contributed by atoms with Crippen molar-refractivity contribution < 1.29 is 23.7 Å². The van der Waals surface area contributed by atoms with Crippen LogP contribution in [0.5, 0.6) is 11.5 Å². The molecule has 1 aliphatic carbocycles. The number of aromatic nitrogens is 1. The standard InChI is InChI=1S/C30H32N4O5S/c1-5-22-19-10-8-7-9-18(19)20(14-31)23(34-22)16-40-30-27(29(35)38-6-2)26(21(15-32)28(33)39-30)17-11-12-24(36-3)25(13-17)37-4/h11-13,26H,5-10,16,33H2,1-4H3. The zero-order valence-electron chi connectivity index (χ0n) is 23.1. The Morgan fingerprint density at radius 1 is 1.10 bits per heavy atom. The molecule has 9 nitrogen and oxygen atoms in total. The van der Waals surface area contributed by atoms with E-state index in [1.165, 1.54) is 31.5 Å². The lowest BCUT2D eigenvalue weighted by Gasteiger charge is -2.28. The van der Waals surface area contributed by atoms with Crippen molar-refractivity contribution in [2.75, 3.05) is 20.8 Å². The molecule has 40 heavy (non-hydrogen) atoms. The first-order chi connectivity index (χ1) is 19.4. The molecule has 0 saturated heterocycles. The van der Waals surface area contributed by atoms with Crippen molar-refractivity contribution in [3.63, 3.8) is 0 Å². The Morgan fingerprint density at radius 3 is 2.45 bits per heavy atom. The van der Waals surface area contributed by atoms with Crippen LogP contribution in [0, 0.1) is 22.7 Å². The Morgan fingerprint density at radius 2 is 1.82 bits per heavy atom. The molecular weight excluding hydrogens is 528 g/mol. The molecule has 2 aromatic rings. The van der Waals surface area contributed by atoms with Gasteiger partial charge in [0.2, 0.25) is 5.88 Å². The van der Waals surface area contributed by atoms with Gasteiger partial charge in [-0.2, -0.15) is 10.5 Å². The molecular formula is C30H32N4O5S. The van der Waals surface area contributed by atoms with Crippen LogP contribution < -0.4 is 15.2 Å². The summed E-state index contributed by atoms with van der Waals surface area (Å²) in [7, 11) is 3.03. The maximum Gasteiger partial charge on any atom is 0.339 e. The number of pyridine rings is 1. The maximum atomic E-state index is 13.4. The van der Waals surface area contributed by atoms with Gasteiger partial charge in [0.25, 0.3) is 0 Å². The van der Waals surface area contributed by atoms with Crippen LogP contribution >= 0.6 is 11.8 Å². The fourth-order valence-electron chi connectivity index (χ4n) is 5.24. The molecule has 1 unspecified atom stereocenters. The molecule has 208 valence electrons. The number of carbonyl (C=O) groups is 1. The first-order valence-corrected chi connectivity index (χ1v) is 14.2. The van der Waals surface area contributed by atoms with Crippen molar-refractivity contribution >= 4 is 17.7 Å². The van der Waals surface area contributed by atoms with E-state index in [4.69, 9.17) is 29.7 Å². The highest BCUT2D eigenvalue weighted by Gasteiger charge is 2.38. The summed E-state index contributed by atoms with van der Waals surface area (Å²) in [4.78, 5) is 18.3. The monoisotopic (exact) mass is 560 g/mol. The summed E-state index contributed by atoms with van der Waals surface area (Å²) in [6, 6.07) is 9.63. The van der Waals surface area contributed by atoms with Gasteiger partial charge in [0.15, 0.2) is 16.6 Å². The van der Waals surface area contributed by atoms with E-state index in [2.05, 4.69) is 19.1 Å². The number of hydrogen-bond donors (Lipinski definition) is 1. The summed E-state index contributed by atoms with van der Waals surface area (Å²) in [5.74, 6) is -0.389. The molecule has 10 heteroatoms. The van der Waals surface area contributed by atoms with Crippen LogP contribution in [0.1, 0.15) is 66.2 Å². The molecule has 0 saturated carbocycles. The van der Waals surface area contributed by atoms with Crippen LogP contribution in [0.2, 0.25) is 0 Å². The van der Waals surface area contributed by atoms with Crippen LogP contribution in [0.25, 0.3) is 0 Å². The first kappa shape index (κ1) is 28.8. The van der Waals surface area contributed by atoms with Crippen molar-refractivity contribution in [1.82, 2.24) is 4.98 Å². The van der Waals surface area contributed by atoms with Gasteiger partial charge in [-0.1, -0.05) is 24.8 Å². The fourth-order valence-corrected chi connectivity index (χ4v) is 6.22. The summed E-state index contributed by atoms with van der Waals surface area (Å²) in [6.45, 7) is 3.90. The zero-order valence-corrected chi connectivity index (χ0v) is 23.9. The molecule has 2 aliphatic rings. The molecule has 2 heterocycles. The summed E-state index contributed by atoms with van der Waals surface area (Å²) in [5.41, 5.74) is 11.6. The van der Waals surface area contributed by atoms with Crippen molar-refractivity contribution in [1.29, 1.82) is 10.5 Å². The number of fused-ring (bicyclic) bond motifs is 1. The van der Waals surface area contributed by atoms with Gasteiger partial charge >= 0.3 is 5.97 Å². The second-order valence-electron chi connectivity index (χ2n) is 9.26. The molecule has 1 aromatic heterocycles. The lowest BCUT2D eigenvalue weighted by atomic mass is 9.84. The predicted molar refractivity (Wildman–Crippen MR) is 150 cm³/mol. The highest BCUT2D eigenvalue weighted by Crippen LogP contribution is 2.45. The fraction of sp³-hybridized carbons (Fsp3) is 0.400. The number of esters is 1. The Balaban J connectivity index is 1.82. The molecule has 1 atom stereocenters. The summed E-state index contributed by atoms with van der Waals surface area (Å²) >= 11 is 1.21. The van der Waals surface area contributed by atoms with Gasteiger partial charge in [0.1, 0.15) is 17.7 Å². The number of hydrogen-bond acceptors (Lipinski definition) is 10. The Hall–Kier alpha value is -4.15. The summed E-state index contributed by atoms with van der Waals surface area (Å²) in [5, 5.41) is 20.3.